The van der Waals surface area contributed by atoms with Crippen LogP contribution in [0, 0.1) is 27.7 Å². The van der Waals surface area contributed by atoms with E-state index in [1.54, 1.807) is 42.7 Å². The maximum Gasteiger partial charge on any atom is 0.323 e. The number of aromatic nitrogens is 1. The van der Waals surface area contributed by atoms with Gasteiger partial charge in [-0.3, -0.25) is 14.4 Å². The Labute approximate surface area is 215 Å². The number of rotatable bonds is 10. The Hall–Kier alpha value is -3.54. The van der Waals surface area contributed by atoms with Crippen LogP contribution in [-0.4, -0.2) is 49.1 Å². The zero-order valence-corrected chi connectivity index (χ0v) is 22.1. The van der Waals surface area contributed by atoms with Crippen molar-refractivity contribution >= 4 is 32.8 Å². The fraction of sp³-hybridized carbons (Fsp3) is 0.346. The number of nitrogens with one attached hydrogen (secondary N) is 2. The van der Waals surface area contributed by atoms with Gasteiger partial charge in [-0.25, -0.2) is 8.42 Å². The summed E-state index contributed by atoms with van der Waals surface area (Å²) in [7, 11) is -4.21. The zero-order chi connectivity index (χ0) is 27.5. The number of carbonyl (C=O) groups is 2. The minimum Gasteiger partial charge on any atom is -0.480 e. The van der Waals surface area contributed by atoms with Crippen LogP contribution in [0.2, 0.25) is 0 Å². The third kappa shape index (κ3) is 6.24. The van der Waals surface area contributed by atoms with Crippen molar-refractivity contribution in [3.63, 3.8) is 0 Å². The largest absolute Gasteiger partial charge is 0.480 e. The number of carboxylic acid groups (broad SMARTS) is 1. The van der Waals surface area contributed by atoms with E-state index in [0.717, 1.165) is 11.1 Å². The summed E-state index contributed by atoms with van der Waals surface area (Å²) in [4.78, 5) is 37.9. The number of sulfonamides is 1. The predicted octanol–water partition coefficient (Wildman–Crippen LogP) is 1.75. The Kier molecular flexibility index (Phi) is 8.52. The molecule has 0 fully saturated rings. The number of hydrogen-bond acceptors (Lipinski definition) is 6. The second-order valence-electron chi connectivity index (χ2n) is 9.18. The van der Waals surface area contributed by atoms with Gasteiger partial charge in [0.25, 0.3) is 5.91 Å². The van der Waals surface area contributed by atoms with Gasteiger partial charge in [0.05, 0.1) is 10.4 Å². The molecule has 0 saturated heterocycles. The first-order chi connectivity index (χ1) is 17.4. The second-order valence-corrected chi connectivity index (χ2v) is 10.8. The molecule has 2 aromatic carbocycles. The van der Waals surface area contributed by atoms with E-state index in [4.69, 9.17) is 5.73 Å². The second kappa shape index (κ2) is 11.2. The molecule has 0 radical (unpaired) electrons. The summed E-state index contributed by atoms with van der Waals surface area (Å²) in [6, 6.07) is 6.98. The molecule has 0 aliphatic rings. The van der Waals surface area contributed by atoms with Crippen molar-refractivity contribution in [1.29, 1.82) is 0 Å². The van der Waals surface area contributed by atoms with Crippen LogP contribution in [0.1, 0.15) is 39.0 Å². The lowest BCUT2D eigenvalue weighted by Gasteiger charge is -2.18. The maximum atomic E-state index is 13.1. The molecule has 1 amide bonds. The fourth-order valence-corrected chi connectivity index (χ4v) is 6.06. The Balaban J connectivity index is 1.88. The highest BCUT2D eigenvalue weighted by Crippen LogP contribution is 2.22. The molecule has 0 saturated carbocycles. The van der Waals surface area contributed by atoms with Crippen LogP contribution in [0.3, 0.4) is 0 Å². The summed E-state index contributed by atoms with van der Waals surface area (Å²) in [5, 5.41) is 12.4. The average molecular weight is 529 g/mol. The smallest absolute Gasteiger partial charge is 0.323 e. The molecule has 1 atom stereocenters. The summed E-state index contributed by atoms with van der Waals surface area (Å²) < 4.78 is 30.0. The number of nitrogens with two attached hydrogens (primary N) is 1. The molecule has 0 aliphatic heterocycles. The number of carboxylic acids is 1. The lowest BCUT2D eigenvalue weighted by molar-refractivity contribution is -0.138. The van der Waals surface area contributed by atoms with Crippen molar-refractivity contribution < 1.29 is 23.1 Å². The topological polar surface area (TPSA) is 161 Å². The van der Waals surface area contributed by atoms with Crippen LogP contribution in [0.25, 0.3) is 10.9 Å². The summed E-state index contributed by atoms with van der Waals surface area (Å²) in [5.41, 5.74) is 8.39. The number of benzene rings is 2. The highest BCUT2D eigenvalue weighted by molar-refractivity contribution is 7.89. The molecule has 198 valence electrons. The molecule has 0 spiro atoms. The quantitative estimate of drug-likeness (QED) is 0.312. The fourth-order valence-electron chi connectivity index (χ4n) is 4.42. The van der Waals surface area contributed by atoms with Gasteiger partial charge in [-0.05, 0) is 69.5 Å². The Bertz CT molecular complexity index is 1510. The number of nitrogens with zero attached hydrogens (tertiary/aromatic N) is 1. The van der Waals surface area contributed by atoms with Gasteiger partial charge < -0.3 is 20.7 Å². The van der Waals surface area contributed by atoms with E-state index < -0.39 is 39.9 Å². The van der Waals surface area contributed by atoms with Crippen LogP contribution >= 0.6 is 0 Å². The van der Waals surface area contributed by atoms with Crippen LogP contribution in [0.5, 0.6) is 0 Å². The van der Waals surface area contributed by atoms with Crippen LogP contribution < -0.4 is 21.2 Å². The van der Waals surface area contributed by atoms with Gasteiger partial charge in [0, 0.05) is 24.7 Å². The molecule has 1 heterocycles. The molecule has 37 heavy (non-hydrogen) atoms. The highest BCUT2D eigenvalue weighted by atomic mass is 32.2. The van der Waals surface area contributed by atoms with Crippen molar-refractivity contribution in [2.24, 2.45) is 5.73 Å². The molecule has 0 unspecified atom stereocenters. The highest BCUT2D eigenvalue weighted by Gasteiger charge is 2.29. The lowest BCUT2D eigenvalue weighted by atomic mass is 10.1. The van der Waals surface area contributed by atoms with Gasteiger partial charge in [0.15, 0.2) is 0 Å². The van der Waals surface area contributed by atoms with E-state index in [1.807, 2.05) is 19.9 Å². The summed E-state index contributed by atoms with van der Waals surface area (Å²) in [6.45, 7) is 7.31. The standard InChI is InChI=1S/C26H32N4O6S/c1-15-6-7-19-22(12-15)30(9-5-8-27)14-20(23(19)31)25(32)28-13-21(26(33)34)29-37(35,36)24-17(3)10-16(2)11-18(24)4/h6-7,10-12,14,21,29H,5,8-9,13,27H2,1-4H3,(H,28,32)(H,33,34)/t21-/m1/s1. The predicted molar refractivity (Wildman–Crippen MR) is 141 cm³/mol. The number of fused-ring (bicyclic) bond motifs is 1. The van der Waals surface area contributed by atoms with Crippen LogP contribution in [0.15, 0.2) is 46.2 Å². The molecule has 1 aromatic heterocycles. The Morgan fingerprint density at radius 3 is 2.30 bits per heavy atom. The number of carbonyl (C=O) groups excluding carboxylic acids is 1. The molecule has 0 bridgehead atoms. The average Bonchev–Trinajstić information content (AvgIpc) is 2.80. The Morgan fingerprint density at radius 1 is 1.05 bits per heavy atom. The number of hydrogen-bond donors (Lipinski definition) is 4. The molecular formula is C26H32N4O6S. The molecule has 3 aromatic rings. The summed E-state index contributed by atoms with van der Waals surface area (Å²) in [6.07, 6.45) is 2.04. The molecule has 5 N–H and O–H groups in total. The molecular weight excluding hydrogens is 496 g/mol. The molecule has 0 aliphatic carbocycles. The first-order valence-electron chi connectivity index (χ1n) is 11.8. The van der Waals surface area contributed by atoms with Gasteiger partial charge in [-0.1, -0.05) is 23.8 Å². The minimum absolute atomic E-state index is 0.0108. The minimum atomic E-state index is -4.21. The van der Waals surface area contributed by atoms with Crippen LogP contribution in [-0.2, 0) is 21.4 Å². The van der Waals surface area contributed by atoms with E-state index in [1.165, 1.54) is 6.20 Å². The van der Waals surface area contributed by atoms with E-state index in [-0.39, 0.29) is 10.5 Å². The van der Waals surface area contributed by atoms with Gasteiger partial charge in [-0.2, -0.15) is 4.72 Å². The number of aryl methyl sites for hydroxylation is 5. The van der Waals surface area contributed by atoms with Gasteiger partial charge >= 0.3 is 5.97 Å². The SMILES string of the molecule is Cc1cc(C)c(S(=O)(=O)N[C@H](CNC(=O)c2cn(CCCN)c3cc(C)ccc3c2=O)C(=O)O)c(C)c1. The first-order valence-corrected chi connectivity index (χ1v) is 13.3. The van der Waals surface area contributed by atoms with E-state index in [2.05, 4.69) is 10.0 Å². The van der Waals surface area contributed by atoms with Gasteiger partial charge in [-0.15, -0.1) is 0 Å². The maximum absolute atomic E-state index is 13.1. The lowest BCUT2D eigenvalue weighted by Crippen LogP contribution is -2.49. The van der Waals surface area contributed by atoms with E-state index in [9.17, 15) is 27.9 Å². The first kappa shape index (κ1) is 28.0. The van der Waals surface area contributed by atoms with E-state index >= 15 is 0 Å². The third-order valence-corrected chi connectivity index (χ3v) is 7.80. The van der Waals surface area contributed by atoms with Gasteiger partial charge in [0.2, 0.25) is 15.5 Å². The zero-order valence-electron chi connectivity index (χ0n) is 21.3. The van der Waals surface area contributed by atoms with Crippen LogP contribution in [0.4, 0.5) is 0 Å². The molecule has 3 rings (SSSR count). The molecule has 11 heteroatoms. The van der Waals surface area contributed by atoms with Crippen molar-refractivity contribution in [2.45, 2.75) is 51.6 Å². The van der Waals surface area contributed by atoms with Crippen molar-refractivity contribution in [2.75, 3.05) is 13.1 Å². The van der Waals surface area contributed by atoms with Crippen molar-refractivity contribution in [3.05, 3.63) is 74.6 Å². The number of pyridine rings is 1. The van der Waals surface area contributed by atoms with Crippen molar-refractivity contribution in [1.82, 2.24) is 14.6 Å². The Morgan fingerprint density at radius 2 is 1.70 bits per heavy atom. The summed E-state index contributed by atoms with van der Waals surface area (Å²) >= 11 is 0. The van der Waals surface area contributed by atoms with Crippen molar-refractivity contribution in [3.8, 4) is 0 Å². The third-order valence-electron chi connectivity index (χ3n) is 6.02. The monoisotopic (exact) mass is 528 g/mol. The normalized spacial score (nSPS) is 12.5. The number of amides is 1. The number of aliphatic carboxylic acids is 1. The molecule has 10 nitrogen and oxygen atoms in total. The summed E-state index contributed by atoms with van der Waals surface area (Å²) in [5.74, 6) is -2.28. The van der Waals surface area contributed by atoms with E-state index in [0.29, 0.717) is 41.5 Å². The van der Waals surface area contributed by atoms with Gasteiger partial charge in [0.1, 0.15) is 11.6 Å².